The van der Waals surface area contributed by atoms with E-state index in [2.05, 4.69) is 0 Å². The van der Waals surface area contributed by atoms with Crippen molar-refractivity contribution in [3.63, 3.8) is 0 Å². The zero-order chi connectivity index (χ0) is 13.3. The molecule has 18 heavy (non-hydrogen) atoms. The minimum absolute atomic E-state index is 0.0794. The van der Waals surface area contributed by atoms with Gasteiger partial charge in [-0.15, -0.1) is 0 Å². The number of benzene rings is 1. The predicted molar refractivity (Wildman–Crippen MR) is 71.6 cm³/mol. The smallest absolute Gasteiger partial charge is 0.258 e. The Morgan fingerprint density at radius 3 is 2.44 bits per heavy atom. The normalized spacial score (nSPS) is 11.1. The van der Waals surface area contributed by atoms with Crippen molar-refractivity contribution in [1.29, 1.82) is 0 Å². The zero-order valence-electron chi connectivity index (χ0n) is 10.5. The number of carbonyl (C=O) groups is 1. The van der Waals surface area contributed by atoms with Gasteiger partial charge in [0.15, 0.2) is 0 Å². The molecule has 0 fully saturated rings. The maximum atomic E-state index is 12.2. The Morgan fingerprint density at radius 1 is 1.28 bits per heavy atom. The van der Waals surface area contributed by atoms with Crippen LogP contribution in [0.2, 0.25) is 0 Å². The Balaban J connectivity index is 2.79. The molecule has 0 atom stereocenters. The molecule has 0 unspecified atom stereocenters. The minimum Gasteiger partial charge on any atom is -0.366 e. The summed E-state index contributed by atoms with van der Waals surface area (Å²) in [6, 6.07) is 7.05. The number of hydrogen-bond acceptors (Lipinski definition) is 2. The van der Waals surface area contributed by atoms with Gasteiger partial charge in [0.2, 0.25) is 0 Å². The summed E-state index contributed by atoms with van der Waals surface area (Å²) in [6.07, 6.45) is 1.56. The van der Waals surface area contributed by atoms with Gasteiger partial charge in [-0.1, -0.05) is 32.0 Å². The minimum atomic E-state index is -0.510. The zero-order valence-corrected chi connectivity index (χ0v) is 10.5. The van der Waals surface area contributed by atoms with E-state index in [0.29, 0.717) is 28.8 Å². The van der Waals surface area contributed by atoms with Gasteiger partial charge in [0.1, 0.15) is 0 Å². The maximum absolute atomic E-state index is 12.2. The molecule has 1 aromatic heterocycles. The Kier molecular flexibility index (Phi) is 3.19. The van der Waals surface area contributed by atoms with Gasteiger partial charge in [-0.3, -0.25) is 9.59 Å². The first kappa shape index (κ1) is 12.4. The molecule has 0 aliphatic carbocycles. The lowest BCUT2D eigenvalue weighted by atomic mass is 10.1. The van der Waals surface area contributed by atoms with Gasteiger partial charge in [-0.25, -0.2) is 0 Å². The average Bonchev–Trinajstić information content (AvgIpc) is 2.32. The van der Waals surface area contributed by atoms with Gasteiger partial charge >= 0.3 is 0 Å². The third kappa shape index (κ3) is 2.14. The predicted octanol–water partition coefficient (Wildman–Crippen LogP) is 1.76. The second-order valence-corrected chi connectivity index (χ2v) is 4.80. The van der Waals surface area contributed by atoms with Crippen LogP contribution in [-0.4, -0.2) is 10.5 Å². The molecule has 1 amide bonds. The van der Waals surface area contributed by atoms with E-state index < -0.39 is 5.91 Å². The Morgan fingerprint density at radius 2 is 1.89 bits per heavy atom. The summed E-state index contributed by atoms with van der Waals surface area (Å²) in [5.74, 6) is -0.187. The molecule has 4 heteroatoms. The molecular weight excluding hydrogens is 228 g/mol. The first-order valence-corrected chi connectivity index (χ1v) is 5.92. The molecule has 1 aromatic carbocycles. The van der Waals surface area contributed by atoms with Crippen LogP contribution in [0.1, 0.15) is 24.2 Å². The maximum Gasteiger partial charge on any atom is 0.258 e. The van der Waals surface area contributed by atoms with E-state index in [9.17, 15) is 9.59 Å². The van der Waals surface area contributed by atoms with Crippen LogP contribution in [0.4, 0.5) is 0 Å². The summed E-state index contributed by atoms with van der Waals surface area (Å²) in [5, 5.41) is 1.16. The fourth-order valence-electron chi connectivity index (χ4n) is 2.07. The van der Waals surface area contributed by atoms with Crippen molar-refractivity contribution < 1.29 is 4.79 Å². The Hall–Kier alpha value is -2.10. The molecule has 94 valence electrons. The highest BCUT2D eigenvalue weighted by molar-refractivity contribution is 6.05. The van der Waals surface area contributed by atoms with Crippen LogP contribution in [0.25, 0.3) is 10.8 Å². The van der Waals surface area contributed by atoms with Crippen LogP contribution >= 0.6 is 0 Å². The lowest BCUT2D eigenvalue weighted by molar-refractivity contribution is 0.100. The molecule has 1 heterocycles. The van der Waals surface area contributed by atoms with Gasteiger partial charge < -0.3 is 10.3 Å². The fourth-order valence-corrected chi connectivity index (χ4v) is 2.07. The number of fused-ring (bicyclic) bond motifs is 1. The van der Waals surface area contributed by atoms with Gasteiger partial charge in [0.05, 0.1) is 5.56 Å². The van der Waals surface area contributed by atoms with Crippen molar-refractivity contribution in [3.05, 3.63) is 46.4 Å². The number of aromatic nitrogens is 1. The van der Waals surface area contributed by atoms with Crippen molar-refractivity contribution in [2.75, 3.05) is 0 Å². The van der Waals surface area contributed by atoms with Gasteiger partial charge in [-0.05, 0) is 12.0 Å². The van der Waals surface area contributed by atoms with Crippen molar-refractivity contribution in [2.24, 2.45) is 11.7 Å². The Labute approximate surface area is 105 Å². The van der Waals surface area contributed by atoms with Gasteiger partial charge in [-0.2, -0.15) is 0 Å². The summed E-state index contributed by atoms with van der Waals surface area (Å²) < 4.78 is 1.56. The van der Waals surface area contributed by atoms with E-state index in [1.807, 2.05) is 13.8 Å². The molecule has 0 bridgehead atoms. The second kappa shape index (κ2) is 4.64. The number of nitrogens with zero attached hydrogens (tertiary/aromatic N) is 1. The van der Waals surface area contributed by atoms with Crippen LogP contribution in [0.3, 0.4) is 0 Å². The number of rotatable bonds is 3. The topological polar surface area (TPSA) is 65.1 Å². The lowest BCUT2D eigenvalue weighted by Crippen LogP contribution is -2.25. The van der Waals surface area contributed by atoms with E-state index in [1.54, 1.807) is 35.0 Å². The average molecular weight is 244 g/mol. The quantitative estimate of drug-likeness (QED) is 0.894. The third-order valence-electron chi connectivity index (χ3n) is 2.82. The molecule has 0 aliphatic rings. The van der Waals surface area contributed by atoms with Crippen LogP contribution in [0.5, 0.6) is 0 Å². The van der Waals surface area contributed by atoms with E-state index in [-0.39, 0.29) is 5.56 Å². The number of amides is 1. The van der Waals surface area contributed by atoms with Gasteiger partial charge in [0, 0.05) is 23.5 Å². The SMILES string of the molecule is CC(C)Cn1cc(C(N)=O)c2ccccc2c1=O. The van der Waals surface area contributed by atoms with Crippen LogP contribution in [0, 0.1) is 5.92 Å². The highest BCUT2D eigenvalue weighted by atomic mass is 16.1. The van der Waals surface area contributed by atoms with Crippen molar-refractivity contribution in [2.45, 2.75) is 20.4 Å². The monoisotopic (exact) mass is 244 g/mol. The van der Waals surface area contributed by atoms with Crippen LogP contribution < -0.4 is 11.3 Å². The van der Waals surface area contributed by atoms with E-state index in [4.69, 9.17) is 5.73 Å². The van der Waals surface area contributed by atoms with E-state index in [1.165, 1.54) is 0 Å². The molecule has 0 spiro atoms. The summed E-state index contributed by atoms with van der Waals surface area (Å²) in [4.78, 5) is 23.7. The second-order valence-electron chi connectivity index (χ2n) is 4.80. The van der Waals surface area contributed by atoms with E-state index >= 15 is 0 Å². The molecule has 0 radical (unpaired) electrons. The summed E-state index contributed by atoms with van der Waals surface area (Å²) in [7, 11) is 0. The molecule has 2 aromatic rings. The number of primary amides is 1. The van der Waals surface area contributed by atoms with Crippen molar-refractivity contribution >= 4 is 16.7 Å². The highest BCUT2D eigenvalue weighted by Crippen LogP contribution is 2.15. The number of carbonyl (C=O) groups excluding carboxylic acids is 1. The summed E-state index contributed by atoms with van der Waals surface area (Å²) >= 11 is 0. The highest BCUT2D eigenvalue weighted by Gasteiger charge is 2.12. The molecule has 0 saturated heterocycles. The molecule has 0 aliphatic heterocycles. The molecular formula is C14H16N2O2. The molecule has 2 rings (SSSR count). The van der Waals surface area contributed by atoms with Crippen molar-refractivity contribution in [1.82, 2.24) is 4.57 Å². The van der Waals surface area contributed by atoms with Crippen LogP contribution in [0.15, 0.2) is 35.3 Å². The number of pyridine rings is 1. The first-order valence-electron chi connectivity index (χ1n) is 5.92. The van der Waals surface area contributed by atoms with Crippen molar-refractivity contribution in [3.8, 4) is 0 Å². The van der Waals surface area contributed by atoms with E-state index in [0.717, 1.165) is 0 Å². The van der Waals surface area contributed by atoms with Gasteiger partial charge in [0.25, 0.3) is 11.5 Å². The number of hydrogen-bond donors (Lipinski definition) is 1. The lowest BCUT2D eigenvalue weighted by Gasteiger charge is -2.12. The largest absolute Gasteiger partial charge is 0.366 e. The number of nitrogens with two attached hydrogens (primary N) is 1. The standard InChI is InChI=1S/C14H16N2O2/c1-9(2)7-16-8-12(13(15)17)10-5-3-4-6-11(10)14(16)18/h3-6,8-9H,7H2,1-2H3,(H2,15,17). The molecule has 4 nitrogen and oxygen atoms in total. The third-order valence-corrected chi connectivity index (χ3v) is 2.82. The first-order chi connectivity index (χ1) is 8.50. The molecule has 0 saturated carbocycles. The Bertz CT molecular complexity index is 656. The summed E-state index contributed by atoms with van der Waals surface area (Å²) in [5.41, 5.74) is 5.69. The van der Waals surface area contributed by atoms with Crippen LogP contribution in [-0.2, 0) is 6.54 Å². The molecule has 2 N–H and O–H groups in total. The summed E-state index contributed by atoms with van der Waals surface area (Å²) in [6.45, 7) is 4.61. The fraction of sp³-hybridized carbons (Fsp3) is 0.286.